The highest BCUT2D eigenvalue weighted by Crippen LogP contribution is 2.47. The minimum absolute atomic E-state index is 1.07. The molecule has 0 bridgehead atoms. The van der Waals surface area contributed by atoms with Crippen molar-refractivity contribution in [2.45, 2.75) is 0 Å². The van der Waals surface area contributed by atoms with Gasteiger partial charge in [0.2, 0.25) is 0 Å². The number of para-hydroxylation sites is 3. The Morgan fingerprint density at radius 1 is 0.243 bits per heavy atom. The Hall–Kier alpha value is -9.24. The molecular weight excluding hydrogens is 845 g/mol. The first-order valence-electron chi connectivity index (χ1n) is 24.1. The molecule has 1 aromatic heterocycles. The number of hydrogen-bond acceptors (Lipinski definition) is 1. The Bertz CT molecular complexity index is 4030. The lowest BCUT2D eigenvalue weighted by molar-refractivity contribution is 1.18. The summed E-state index contributed by atoms with van der Waals surface area (Å²) in [4.78, 5) is 2.46. The van der Waals surface area contributed by atoms with Crippen molar-refractivity contribution in [2.75, 3.05) is 4.90 Å². The van der Waals surface area contributed by atoms with Crippen LogP contribution in [0.25, 0.3) is 105 Å². The summed E-state index contributed by atoms with van der Waals surface area (Å²) in [7, 11) is 0. The summed E-state index contributed by atoms with van der Waals surface area (Å²) in [6.45, 7) is 0. The second-order valence-electron chi connectivity index (χ2n) is 18.1. The van der Waals surface area contributed by atoms with Gasteiger partial charge >= 0.3 is 0 Å². The number of rotatable bonds is 9. The van der Waals surface area contributed by atoms with Crippen LogP contribution in [0, 0.1) is 0 Å². The van der Waals surface area contributed by atoms with Crippen LogP contribution in [-0.4, -0.2) is 4.57 Å². The molecule has 0 aliphatic rings. The Morgan fingerprint density at radius 3 is 1.44 bits per heavy atom. The van der Waals surface area contributed by atoms with Crippen molar-refractivity contribution in [3.63, 3.8) is 0 Å². The molecule has 13 aromatic rings. The second kappa shape index (κ2) is 17.4. The predicted octanol–water partition coefficient (Wildman–Crippen LogP) is 18.9. The molecule has 0 unspecified atom stereocenters. The van der Waals surface area contributed by atoms with Crippen molar-refractivity contribution in [1.82, 2.24) is 4.57 Å². The molecule has 0 atom stereocenters. The Kier molecular flexibility index (Phi) is 10.2. The molecule has 12 aromatic carbocycles. The Labute approximate surface area is 408 Å². The van der Waals surface area contributed by atoms with Crippen LogP contribution >= 0.6 is 0 Å². The van der Waals surface area contributed by atoms with Gasteiger partial charge in [-0.15, -0.1) is 0 Å². The van der Waals surface area contributed by atoms with Crippen LogP contribution in [0.1, 0.15) is 0 Å². The maximum Gasteiger partial charge on any atom is 0.0547 e. The monoisotopic (exact) mass is 890 g/mol. The van der Waals surface area contributed by atoms with Crippen molar-refractivity contribution >= 4 is 60.4 Å². The van der Waals surface area contributed by atoms with Crippen LogP contribution in [-0.2, 0) is 0 Å². The molecule has 328 valence electrons. The van der Waals surface area contributed by atoms with E-state index in [1.165, 1.54) is 65.6 Å². The lowest BCUT2D eigenvalue weighted by Crippen LogP contribution is -2.12. The molecule has 2 heteroatoms. The van der Waals surface area contributed by atoms with Gasteiger partial charge in [0.25, 0.3) is 0 Å². The minimum atomic E-state index is 1.07. The average molecular weight is 891 g/mol. The summed E-state index contributed by atoms with van der Waals surface area (Å²) in [6, 6.07) is 102. The summed E-state index contributed by atoms with van der Waals surface area (Å²) >= 11 is 0. The highest BCUT2D eigenvalue weighted by molar-refractivity contribution is 6.14. The molecule has 1 heterocycles. The summed E-state index contributed by atoms with van der Waals surface area (Å²) in [5.74, 6) is 0. The fraction of sp³-hybridized carbons (Fsp3) is 0. The summed E-state index contributed by atoms with van der Waals surface area (Å²) < 4.78 is 2.47. The smallest absolute Gasteiger partial charge is 0.0547 e. The third-order valence-corrected chi connectivity index (χ3v) is 14.0. The van der Waals surface area contributed by atoms with Gasteiger partial charge < -0.3 is 9.47 Å². The molecular formula is C68H46N2. The number of anilines is 3. The van der Waals surface area contributed by atoms with Crippen LogP contribution in [0.2, 0.25) is 0 Å². The quantitative estimate of drug-likeness (QED) is 0.140. The van der Waals surface area contributed by atoms with Crippen LogP contribution < -0.4 is 4.90 Å². The SMILES string of the molecule is c1ccc(-c2ccc(-c3ccccc3N(c3ccc(-c4cccc5ccccc45)cc3)c3ccccc3-c3ccc(-n4c5ccccc5c5cc6ccccc6cc54)c(-c4ccccc4)c3)cc2)cc1. The van der Waals surface area contributed by atoms with E-state index in [0.29, 0.717) is 0 Å². The lowest BCUT2D eigenvalue weighted by atomic mass is 9.94. The molecule has 0 saturated carbocycles. The van der Waals surface area contributed by atoms with Crippen LogP contribution in [0.3, 0.4) is 0 Å². The van der Waals surface area contributed by atoms with E-state index in [-0.39, 0.29) is 0 Å². The summed E-state index contributed by atoms with van der Waals surface area (Å²) in [5.41, 5.74) is 18.5. The van der Waals surface area contributed by atoms with Gasteiger partial charge in [-0.1, -0.05) is 224 Å². The van der Waals surface area contributed by atoms with Gasteiger partial charge in [-0.3, -0.25) is 0 Å². The zero-order chi connectivity index (χ0) is 46.4. The van der Waals surface area contributed by atoms with Gasteiger partial charge in [-0.25, -0.2) is 0 Å². The van der Waals surface area contributed by atoms with E-state index in [1.54, 1.807) is 0 Å². The van der Waals surface area contributed by atoms with Gasteiger partial charge in [0, 0.05) is 33.2 Å². The first kappa shape index (κ1) is 41.0. The van der Waals surface area contributed by atoms with E-state index in [2.05, 4.69) is 289 Å². The number of nitrogens with zero attached hydrogens (tertiary/aromatic N) is 2. The summed E-state index contributed by atoms with van der Waals surface area (Å²) in [6.07, 6.45) is 0. The summed E-state index contributed by atoms with van der Waals surface area (Å²) in [5, 5.41) is 7.44. The van der Waals surface area contributed by atoms with Crippen LogP contribution in [0.15, 0.2) is 279 Å². The Balaban J connectivity index is 1.00. The molecule has 2 nitrogen and oxygen atoms in total. The molecule has 13 rings (SSSR count). The van der Waals surface area contributed by atoms with Crippen LogP contribution in [0.5, 0.6) is 0 Å². The zero-order valence-electron chi connectivity index (χ0n) is 38.5. The van der Waals surface area contributed by atoms with E-state index in [0.717, 1.165) is 56.1 Å². The van der Waals surface area contributed by atoms with Gasteiger partial charge in [0.05, 0.1) is 28.1 Å². The van der Waals surface area contributed by atoms with Gasteiger partial charge in [-0.2, -0.15) is 0 Å². The van der Waals surface area contributed by atoms with Crippen molar-refractivity contribution in [3.8, 4) is 61.3 Å². The van der Waals surface area contributed by atoms with E-state index in [4.69, 9.17) is 0 Å². The standard InChI is InChI=1S/C68H46N2/c1-3-18-47(19-4-1)48-34-36-52(37-35-48)59-27-11-14-31-64(59)69(56-41-38-51(39-42-56)58-30-17-25-49-22-9-10-26-57(49)58)65-32-15-12-28-60(65)55-40-43-67(62(45-55)50-20-5-2-6-21-50)70-66-33-16-13-29-61(66)63-44-53-23-7-8-24-54(53)46-68(63)70/h1-46H. The van der Waals surface area contributed by atoms with E-state index in [1.807, 2.05) is 0 Å². The van der Waals surface area contributed by atoms with Crippen molar-refractivity contribution in [1.29, 1.82) is 0 Å². The largest absolute Gasteiger partial charge is 0.309 e. The molecule has 0 aliphatic heterocycles. The zero-order valence-corrected chi connectivity index (χ0v) is 38.5. The fourth-order valence-corrected chi connectivity index (χ4v) is 10.6. The molecule has 0 fully saturated rings. The molecule has 0 N–H and O–H groups in total. The fourth-order valence-electron chi connectivity index (χ4n) is 10.6. The van der Waals surface area contributed by atoms with E-state index >= 15 is 0 Å². The predicted molar refractivity (Wildman–Crippen MR) is 298 cm³/mol. The molecule has 0 saturated heterocycles. The van der Waals surface area contributed by atoms with E-state index in [9.17, 15) is 0 Å². The highest BCUT2D eigenvalue weighted by atomic mass is 15.1. The van der Waals surface area contributed by atoms with Gasteiger partial charge in [-0.05, 0) is 115 Å². The molecule has 0 aliphatic carbocycles. The van der Waals surface area contributed by atoms with Gasteiger partial charge in [0.1, 0.15) is 0 Å². The first-order chi connectivity index (χ1) is 34.7. The molecule has 0 amide bonds. The molecule has 0 radical (unpaired) electrons. The first-order valence-corrected chi connectivity index (χ1v) is 24.1. The highest BCUT2D eigenvalue weighted by Gasteiger charge is 2.23. The number of benzene rings is 12. The second-order valence-corrected chi connectivity index (χ2v) is 18.1. The average Bonchev–Trinajstić information content (AvgIpc) is 3.76. The number of aromatic nitrogens is 1. The van der Waals surface area contributed by atoms with Crippen molar-refractivity contribution in [3.05, 3.63) is 279 Å². The van der Waals surface area contributed by atoms with Gasteiger partial charge in [0.15, 0.2) is 0 Å². The maximum absolute atomic E-state index is 2.47. The van der Waals surface area contributed by atoms with Crippen molar-refractivity contribution in [2.24, 2.45) is 0 Å². The van der Waals surface area contributed by atoms with E-state index < -0.39 is 0 Å². The minimum Gasteiger partial charge on any atom is -0.309 e. The lowest BCUT2D eigenvalue weighted by Gasteiger charge is -2.30. The Morgan fingerprint density at radius 2 is 0.714 bits per heavy atom. The maximum atomic E-state index is 2.47. The topological polar surface area (TPSA) is 8.17 Å². The number of fused-ring (bicyclic) bond motifs is 5. The third-order valence-electron chi connectivity index (χ3n) is 14.0. The third kappa shape index (κ3) is 7.22. The van der Waals surface area contributed by atoms with Crippen LogP contribution in [0.4, 0.5) is 17.1 Å². The molecule has 70 heavy (non-hydrogen) atoms. The number of hydrogen-bond donors (Lipinski definition) is 0. The van der Waals surface area contributed by atoms with Crippen molar-refractivity contribution < 1.29 is 0 Å². The molecule has 0 spiro atoms. The normalized spacial score (nSPS) is 11.4.